The predicted molar refractivity (Wildman–Crippen MR) is 107 cm³/mol. The van der Waals surface area contributed by atoms with E-state index in [0.29, 0.717) is 37.0 Å². The number of hydrogen-bond donors (Lipinski definition) is 1. The first-order valence-electron chi connectivity index (χ1n) is 8.95. The van der Waals surface area contributed by atoms with E-state index in [4.69, 9.17) is 16.3 Å². The third kappa shape index (κ3) is 4.24. The lowest BCUT2D eigenvalue weighted by molar-refractivity contribution is -0.138. The van der Waals surface area contributed by atoms with Crippen LogP contribution in [-0.4, -0.2) is 60.1 Å². The van der Waals surface area contributed by atoms with Crippen LogP contribution in [0.1, 0.15) is 12.5 Å². The zero-order valence-electron chi connectivity index (χ0n) is 15.8. The van der Waals surface area contributed by atoms with Gasteiger partial charge >= 0.3 is 0 Å². The summed E-state index contributed by atoms with van der Waals surface area (Å²) in [5, 5.41) is 3.44. The highest BCUT2D eigenvalue weighted by Gasteiger charge is 2.28. The van der Waals surface area contributed by atoms with Gasteiger partial charge in [0.1, 0.15) is 17.8 Å². The van der Waals surface area contributed by atoms with E-state index in [2.05, 4.69) is 20.2 Å². The van der Waals surface area contributed by atoms with Crippen LogP contribution >= 0.6 is 11.6 Å². The van der Waals surface area contributed by atoms with Crippen LogP contribution in [0.3, 0.4) is 0 Å². The van der Waals surface area contributed by atoms with Crippen molar-refractivity contribution in [3.05, 3.63) is 41.3 Å². The molecule has 2 heterocycles. The van der Waals surface area contributed by atoms with Gasteiger partial charge in [0.15, 0.2) is 17.1 Å². The van der Waals surface area contributed by atoms with Crippen LogP contribution < -0.4 is 15.0 Å². The van der Waals surface area contributed by atoms with Gasteiger partial charge in [0.25, 0.3) is 5.91 Å². The van der Waals surface area contributed by atoms with Crippen molar-refractivity contribution in [2.75, 3.05) is 43.4 Å². The molecule has 27 heavy (non-hydrogen) atoms. The van der Waals surface area contributed by atoms with E-state index < -0.39 is 6.10 Å². The minimum absolute atomic E-state index is 0.00698. The fourth-order valence-electron chi connectivity index (χ4n) is 3.14. The largest absolute Gasteiger partial charge is 0.481 e. The monoisotopic (exact) mass is 389 g/mol. The van der Waals surface area contributed by atoms with Crippen molar-refractivity contribution in [1.82, 2.24) is 14.9 Å². The highest BCUT2D eigenvalue weighted by atomic mass is 35.5. The number of rotatable bonds is 5. The summed E-state index contributed by atoms with van der Waals surface area (Å²) in [7, 11) is 1.79. The van der Waals surface area contributed by atoms with Gasteiger partial charge in [0.05, 0.1) is 0 Å². The van der Waals surface area contributed by atoms with E-state index in [1.807, 2.05) is 36.1 Å². The number of ether oxygens (including phenoxy) is 1. The molecular weight excluding hydrogens is 366 g/mol. The van der Waals surface area contributed by atoms with Gasteiger partial charge in [-0.15, -0.1) is 0 Å². The maximum atomic E-state index is 12.8. The van der Waals surface area contributed by atoms with Crippen molar-refractivity contribution in [2.24, 2.45) is 0 Å². The average Bonchev–Trinajstić information content (AvgIpc) is 2.69. The Morgan fingerprint density at radius 3 is 2.59 bits per heavy atom. The molecule has 0 radical (unpaired) electrons. The third-order valence-corrected chi connectivity index (χ3v) is 4.95. The lowest BCUT2D eigenvalue weighted by Crippen LogP contribution is -2.52. The number of hydrogen-bond acceptors (Lipinski definition) is 6. The van der Waals surface area contributed by atoms with Crippen molar-refractivity contribution in [3.8, 4) is 5.75 Å². The van der Waals surface area contributed by atoms with Crippen molar-refractivity contribution < 1.29 is 9.53 Å². The number of nitrogens with zero attached hydrogens (tertiary/aromatic N) is 4. The highest BCUT2D eigenvalue weighted by molar-refractivity contribution is 6.32. The van der Waals surface area contributed by atoms with E-state index in [9.17, 15) is 4.79 Å². The molecule has 1 N–H and O–H groups in total. The lowest BCUT2D eigenvalue weighted by atomic mass is 10.2. The third-order valence-electron chi connectivity index (χ3n) is 4.67. The Hall–Kier alpha value is -2.54. The number of anilines is 2. The summed E-state index contributed by atoms with van der Waals surface area (Å²) in [6.07, 6.45) is 0.924. The fraction of sp³-hybridized carbons (Fsp3) is 0.421. The Labute approximate surface area is 164 Å². The van der Waals surface area contributed by atoms with E-state index in [1.54, 1.807) is 14.0 Å². The van der Waals surface area contributed by atoms with Gasteiger partial charge in [-0.1, -0.05) is 29.8 Å². The predicted octanol–water partition coefficient (Wildman–Crippen LogP) is 2.60. The van der Waals surface area contributed by atoms with Gasteiger partial charge in [0.2, 0.25) is 0 Å². The summed E-state index contributed by atoms with van der Waals surface area (Å²) in [5.41, 5.74) is 1.72. The normalized spacial score (nSPS) is 15.4. The summed E-state index contributed by atoms with van der Waals surface area (Å²) in [6.45, 7) is 6.31. The maximum absolute atomic E-state index is 12.8. The first kappa shape index (κ1) is 19.2. The number of nitrogens with one attached hydrogen (secondary N) is 1. The fourth-order valence-corrected chi connectivity index (χ4v) is 3.36. The van der Waals surface area contributed by atoms with E-state index in [1.165, 1.54) is 6.33 Å². The number of aryl methyl sites for hydroxylation is 1. The van der Waals surface area contributed by atoms with Crippen molar-refractivity contribution in [3.63, 3.8) is 0 Å². The number of carbonyl (C=O) groups excluding carboxylic acids is 1. The minimum Gasteiger partial charge on any atom is -0.481 e. The molecular formula is C19H24ClN5O2. The van der Waals surface area contributed by atoms with Gasteiger partial charge in [-0.3, -0.25) is 4.79 Å². The van der Waals surface area contributed by atoms with Gasteiger partial charge in [-0.05, 0) is 25.5 Å². The number of halogens is 1. The van der Waals surface area contributed by atoms with Crippen LogP contribution in [0.4, 0.5) is 11.5 Å². The molecule has 3 rings (SSSR count). The first-order valence-corrected chi connectivity index (χ1v) is 9.33. The average molecular weight is 390 g/mol. The summed E-state index contributed by atoms with van der Waals surface area (Å²) in [6, 6.07) is 7.71. The zero-order chi connectivity index (χ0) is 19.4. The zero-order valence-corrected chi connectivity index (χ0v) is 16.5. The molecule has 144 valence electrons. The first-order chi connectivity index (χ1) is 13.0. The summed E-state index contributed by atoms with van der Waals surface area (Å²) in [5.74, 6) is 1.49. The second-order valence-corrected chi connectivity index (χ2v) is 6.81. The van der Waals surface area contributed by atoms with Crippen LogP contribution in [0, 0.1) is 6.92 Å². The molecule has 1 unspecified atom stereocenters. The smallest absolute Gasteiger partial charge is 0.263 e. The summed E-state index contributed by atoms with van der Waals surface area (Å²) >= 11 is 6.14. The molecule has 1 aliphatic rings. The Balaban J connectivity index is 1.61. The van der Waals surface area contributed by atoms with Crippen LogP contribution in [0.25, 0.3) is 0 Å². The molecule has 0 saturated carbocycles. The molecule has 1 saturated heterocycles. The molecule has 0 spiro atoms. The van der Waals surface area contributed by atoms with Gasteiger partial charge in [0, 0.05) is 33.2 Å². The van der Waals surface area contributed by atoms with Crippen molar-refractivity contribution >= 4 is 29.0 Å². The standard InChI is InChI=1S/C19H24ClN5O2/c1-13-6-4-5-7-15(13)27-14(2)19(26)25-10-8-24(9-11-25)18-16(21-3)17(20)22-12-23-18/h4-7,12,14,21H,8-11H2,1-3H3. The molecule has 2 aromatic rings. The Bertz CT molecular complexity index is 808. The molecule has 7 nitrogen and oxygen atoms in total. The van der Waals surface area contributed by atoms with E-state index in [-0.39, 0.29) is 5.91 Å². The molecule has 0 aliphatic carbocycles. The van der Waals surface area contributed by atoms with Gasteiger partial charge < -0.3 is 19.9 Å². The van der Waals surface area contributed by atoms with Crippen LogP contribution in [0.15, 0.2) is 30.6 Å². The van der Waals surface area contributed by atoms with Gasteiger partial charge in [-0.2, -0.15) is 0 Å². The number of amides is 1. The molecule has 1 aromatic heterocycles. The number of carbonyl (C=O) groups is 1. The number of para-hydroxylation sites is 1. The summed E-state index contributed by atoms with van der Waals surface area (Å²) < 4.78 is 5.87. The maximum Gasteiger partial charge on any atom is 0.263 e. The van der Waals surface area contributed by atoms with Crippen molar-refractivity contribution in [2.45, 2.75) is 20.0 Å². The molecule has 8 heteroatoms. The topological polar surface area (TPSA) is 70.6 Å². The van der Waals surface area contributed by atoms with E-state index >= 15 is 0 Å². The Morgan fingerprint density at radius 1 is 1.22 bits per heavy atom. The minimum atomic E-state index is -0.529. The Morgan fingerprint density at radius 2 is 1.93 bits per heavy atom. The molecule has 1 fully saturated rings. The number of piperazine rings is 1. The van der Waals surface area contributed by atoms with E-state index in [0.717, 1.165) is 17.1 Å². The van der Waals surface area contributed by atoms with Crippen LogP contribution in [0.5, 0.6) is 5.75 Å². The second-order valence-electron chi connectivity index (χ2n) is 6.45. The SMILES string of the molecule is CNc1c(Cl)ncnc1N1CCN(C(=O)C(C)Oc2ccccc2C)CC1. The summed E-state index contributed by atoms with van der Waals surface area (Å²) in [4.78, 5) is 25.0. The molecule has 1 aliphatic heterocycles. The van der Waals surface area contributed by atoms with Crippen LogP contribution in [-0.2, 0) is 4.79 Å². The van der Waals surface area contributed by atoms with Gasteiger partial charge in [-0.25, -0.2) is 9.97 Å². The Kier molecular flexibility index (Phi) is 6.01. The highest BCUT2D eigenvalue weighted by Crippen LogP contribution is 2.29. The quantitative estimate of drug-likeness (QED) is 0.792. The molecule has 1 atom stereocenters. The van der Waals surface area contributed by atoms with Crippen molar-refractivity contribution in [1.29, 1.82) is 0 Å². The second kappa shape index (κ2) is 8.43. The number of benzene rings is 1. The van der Waals surface area contributed by atoms with Crippen LogP contribution in [0.2, 0.25) is 5.15 Å². The molecule has 0 bridgehead atoms. The number of aromatic nitrogens is 2. The molecule has 1 amide bonds. The lowest BCUT2D eigenvalue weighted by Gasteiger charge is -2.37. The molecule has 1 aromatic carbocycles.